The van der Waals surface area contributed by atoms with E-state index in [0.29, 0.717) is 6.04 Å². The lowest BCUT2D eigenvalue weighted by Crippen LogP contribution is -2.29. The molecule has 1 aromatic heterocycles. The number of aromatic nitrogens is 2. The van der Waals surface area contributed by atoms with Crippen molar-refractivity contribution >= 4 is 27.3 Å². The van der Waals surface area contributed by atoms with Gasteiger partial charge < -0.3 is 5.32 Å². The van der Waals surface area contributed by atoms with Gasteiger partial charge in [-0.3, -0.25) is 4.21 Å². The summed E-state index contributed by atoms with van der Waals surface area (Å²) in [5.74, 6) is 1.63. The molecule has 0 atom stereocenters. The van der Waals surface area contributed by atoms with Crippen LogP contribution in [0.25, 0.3) is 0 Å². The molecule has 78 valence electrons. The van der Waals surface area contributed by atoms with Gasteiger partial charge in [-0.05, 0) is 19.8 Å². The Kier molecular flexibility index (Phi) is 3.12. The molecule has 2 rings (SSSR count). The molecule has 2 heterocycles. The molecule has 1 fully saturated rings. The summed E-state index contributed by atoms with van der Waals surface area (Å²) in [6, 6.07) is 0.431. The highest BCUT2D eigenvalue weighted by molar-refractivity contribution is 7.85. The molecule has 1 saturated heterocycles. The Morgan fingerprint density at radius 3 is 2.71 bits per heavy atom. The fraction of sp³-hybridized carbons (Fsp3) is 0.750. The summed E-state index contributed by atoms with van der Waals surface area (Å²) in [5.41, 5.74) is 0. The monoisotopic (exact) mass is 231 g/mol. The fourth-order valence-corrected chi connectivity index (χ4v) is 3.44. The Hall–Kier alpha value is -0.490. The first-order chi connectivity index (χ1) is 6.74. The van der Waals surface area contributed by atoms with Crippen molar-refractivity contribution in [3.8, 4) is 0 Å². The van der Waals surface area contributed by atoms with Gasteiger partial charge in [-0.15, -0.1) is 10.2 Å². The molecular weight excluding hydrogens is 218 g/mol. The first-order valence-electron chi connectivity index (χ1n) is 4.65. The highest BCUT2D eigenvalue weighted by atomic mass is 32.2. The summed E-state index contributed by atoms with van der Waals surface area (Å²) < 4.78 is 11.1. The number of hydrogen-bond donors (Lipinski definition) is 1. The van der Waals surface area contributed by atoms with Gasteiger partial charge in [-0.25, -0.2) is 0 Å². The van der Waals surface area contributed by atoms with Crippen molar-refractivity contribution < 1.29 is 4.21 Å². The summed E-state index contributed by atoms with van der Waals surface area (Å²) in [4.78, 5) is 0. The maximum Gasteiger partial charge on any atom is 0.205 e. The number of nitrogens with zero attached hydrogens (tertiary/aromatic N) is 2. The van der Waals surface area contributed by atoms with Crippen LogP contribution in [-0.2, 0) is 10.8 Å². The lowest BCUT2D eigenvalue weighted by atomic mass is 10.2. The van der Waals surface area contributed by atoms with Gasteiger partial charge >= 0.3 is 0 Å². The van der Waals surface area contributed by atoms with E-state index in [2.05, 4.69) is 15.5 Å². The van der Waals surface area contributed by atoms with Gasteiger partial charge in [0.25, 0.3) is 0 Å². The molecular formula is C8H13N3OS2. The largest absolute Gasteiger partial charge is 0.357 e. The molecule has 1 aliphatic heterocycles. The molecule has 1 aliphatic rings. The molecule has 0 amide bonds. The van der Waals surface area contributed by atoms with Crippen LogP contribution in [0.3, 0.4) is 0 Å². The Morgan fingerprint density at radius 2 is 2.14 bits per heavy atom. The number of rotatable bonds is 2. The van der Waals surface area contributed by atoms with Crippen LogP contribution in [0.1, 0.15) is 17.8 Å². The van der Waals surface area contributed by atoms with Gasteiger partial charge in [0.15, 0.2) is 0 Å². The van der Waals surface area contributed by atoms with E-state index < -0.39 is 10.8 Å². The third kappa shape index (κ3) is 2.51. The first kappa shape index (κ1) is 10.0. The topological polar surface area (TPSA) is 54.9 Å². The van der Waals surface area contributed by atoms with Crippen LogP contribution >= 0.6 is 11.3 Å². The lowest BCUT2D eigenvalue weighted by molar-refractivity contribution is 0.623. The smallest absolute Gasteiger partial charge is 0.205 e. The molecule has 0 spiro atoms. The van der Waals surface area contributed by atoms with Crippen LogP contribution in [0, 0.1) is 6.92 Å². The van der Waals surface area contributed by atoms with Crippen molar-refractivity contribution in [2.75, 3.05) is 16.8 Å². The lowest BCUT2D eigenvalue weighted by Gasteiger charge is -2.21. The molecule has 6 heteroatoms. The molecule has 0 saturated carbocycles. The van der Waals surface area contributed by atoms with Crippen LogP contribution < -0.4 is 5.32 Å². The minimum absolute atomic E-state index is 0.431. The molecule has 0 unspecified atom stereocenters. The van der Waals surface area contributed by atoms with Gasteiger partial charge in [-0.1, -0.05) is 11.3 Å². The third-order valence-corrected chi connectivity index (χ3v) is 4.39. The summed E-state index contributed by atoms with van der Waals surface area (Å²) in [5, 5.41) is 13.2. The zero-order valence-electron chi connectivity index (χ0n) is 8.02. The zero-order valence-corrected chi connectivity index (χ0v) is 9.66. The molecule has 4 nitrogen and oxygen atoms in total. The zero-order chi connectivity index (χ0) is 9.97. The average Bonchev–Trinajstić information content (AvgIpc) is 2.56. The van der Waals surface area contributed by atoms with Crippen molar-refractivity contribution in [1.82, 2.24) is 10.2 Å². The Bertz CT molecular complexity index is 329. The van der Waals surface area contributed by atoms with Crippen molar-refractivity contribution in [3.05, 3.63) is 5.01 Å². The average molecular weight is 231 g/mol. The molecule has 0 aliphatic carbocycles. The molecule has 0 aromatic carbocycles. The maximum absolute atomic E-state index is 11.1. The van der Waals surface area contributed by atoms with Crippen molar-refractivity contribution in [2.45, 2.75) is 25.8 Å². The van der Waals surface area contributed by atoms with Crippen LogP contribution in [0.15, 0.2) is 0 Å². The second-order valence-electron chi connectivity index (χ2n) is 3.39. The Labute approximate surface area is 89.6 Å². The standard InChI is InChI=1S/C8H13N3OS2/c1-6-10-11-8(13-6)9-7-2-4-14(12)5-3-7/h7H,2-5H2,1H3,(H,9,11). The molecule has 0 radical (unpaired) electrons. The molecule has 1 aromatic rings. The second kappa shape index (κ2) is 4.35. The van der Waals surface area contributed by atoms with E-state index in [1.165, 1.54) is 0 Å². The van der Waals surface area contributed by atoms with Gasteiger partial charge in [-0.2, -0.15) is 0 Å². The summed E-state index contributed by atoms with van der Waals surface area (Å²) in [6.45, 7) is 1.94. The number of hydrogen-bond acceptors (Lipinski definition) is 5. The highest BCUT2D eigenvalue weighted by Gasteiger charge is 2.18. The summed E-state index contributed by atoms with van der Waals surface area (Å²) >= 11 is 1.57. The fourth-order valence-electron chi connectivity index (χ4n) is 1.47. The predicted molar refractivity (Wildman–Crippen MR) is 59.2 cm³/mol. The van der Waals surface area contributed by atoms with Crippen molar-refractivity contribution in [1.29, 1.82) is 0 Å². The van der Waals surface area contributed by atoms with Gasteiger partial charge in [0.1, 0.15) is 5.01 Å². The van der Waals surface area contributed by atoms with E-state index in [1.54, 1.807) is 11.3 Å². The number of anilines is 1. The molecule has 14 heavy (non-hydrogen) atoms. The number of aryl methyl sites for hydroxylation is 1. The molecule has 1 N–H and O–H groups in total. The van der Waals surface area contributed by atoms with Crippen LogP contribution in [0.4, 0.5) is 5.13 Å². The second-order valence-corrected chi connectivity index (χ2v) is 6.27. The van der Waals surface area contributed by atoms with Crippen LogP contribution in [-0.4, -0.2) is 32.0 Å². The van der Waals surface area contributed by atoms with Gasteiger partial charge in [0, 0.05) is 28.3 Å². The summed E-state index contributed by atoms with van der Waals surface area (Å²) in [7, 11) is -0.586. The highest BCUT2D eigenvalue weighted by Crippen LogP contribution is 2.19. The Balaban J connectivity index is 1.89. The molecule has 0 bridgehead atoms. The van der Waals surface area contributed by atoms with Gasteiger partial charge in [0.05, 0.1) is 0 Å². The quantitative estimate of drug-likeness (QED) is 0.830. The van der Waals surface area contributed by atoms with E-state index in [4.69, 9.17) is 0 Å². The van der Waals surface area contributed by atoms with Crippen molar-refractivity contribution in [2.24, 2.45) is 0 Å². The van der Waals surface area contributed by atoms with Gasteiger partial charge in [0.2, 0.25) is 5.13 Å². The number of nitrogens with one attached hydrogen (secondary N) is 1. The van der Waals surface area contributed by atoms with Crippen molar-refractivity contribution in [3.63, 3.8) is 0 Å². The third-order valence-electron chi connectivity index (χ3n) is 2.24. The van der Waals surface area contributed by atoms with Crippen LogP contribution in [0.2, 0.25) is 0 Å². The minimum Gasteiger partial charge on any atom is -0.357 e. The predicted octanol–water partition coefficient (Wildman–Crippen LogP) is 1.17. The minimum atomic E-state index is -0.586. The van der Waals surface area contributed by atoms with E-state index >= 15 is 0 Å². The van der Waals surface area contributed by atoms with E-state index in [-0.39, 0.29) is 0 Å². The SMILES string of the molecule is Cc1nnc(NC2CCS(=O)CC2)s1. The summed E-state index contributed by atoms with van der Waals surface area (Å²) in [6.07, 6.45) is 1.95. The van der Waals surface area contributed by atoms with Crippen LogP contribution in [0.5, 0.6) is 0 Å². The first-order valence-corrected chi connectivity index (χ1v) is 6.96. The maximum atomic E-state index is 11.1. The van der Waals surface area contributed by atoms with E-state index in [9.17, 15) is 4.21 Å². The Morgan fingerprint density at radius 1 is 1.43 bits per heavy atom. The van der Waals surface area contributed by atoms with E-state index in [0.717, 1.165) is 34.5 Å². The van der Waals surface area contributed by atoms with E-state index in [1.807, 2.05) is 6.92 Å². The normalized spacial score (nSPS) is 27.5.